The van der Waals surface area contributed by atoms with Crippen molar-refractivity contribution in [1.29, 1.82) is 0 Å². The molecule has 0 aliphatic rings. The summed E-state index contributed by atoms with van der Waals surface area (Å²) in [6.45, 7) is 2.20. The van der Waals surface area contributed by atoms with Crippen molar-refractivity contribution in [3.8, 4) is 0 Å². The van der Waals surface area contributed by atoms with Crippen molar-refractivity contribution in [2.45, 2.75) is 57.8 Å². The quantitative estimate of drug-likeness (QED) is 0.463. The van der Waals surface area contributed by atoms with Crippen LogP contribution in [0.1, 0.15) is 45.4 Å². The summed E-state index contributed by atoms with van der Waals surface area (Å²) in [5, 5.41) is 9.62. The minimum absolute atomic E-state index is 0.471. The Hall–Kier alpha value is -0.120. The molecule has 0 spiro atoms. The van der Waals surface area contributed by atoms with Crippen LogP contribution in [0.25, 0.3) is 0 Å². The zero-order valence-corrected chi connectivity index (χ0v) is 9.66. The summed E-state index contributed by atoms with van der Waals surface area (Å²) in [6.07, 6.45) is 5.82. The third-order valence-corrected chi connectivity index (χ3v) is 2.38. The highest BCUT2D eigenvalue weighted by molar-refractivity contribution is 4.59. The van der Waals surface area contributed by atoms with Gasteiger partial charge in [-0.05, 0) is 6.42 Å². The van der Waals surface area contributed by atoms with Gasteiger partial charge in [0.15, 0.2) is 6.29 Å². The number of unbranched alkanes of at least 4 members (excludes halogenated alkanes) is 4. The second-order valence-electron chi connectivity index (χ2n) is 3.61. The molecule has 0 fully saturated rings. The van der Waals surface area contributed by atoms with Crippen LogP contribution in [0.5, 0.6) is 0 Å². The Bertz CT molecular complexity index is 113. The third kappa shape index (κ3) is 6.35. The number of aliphatic hydroxyl groups is 1. The topological polar surface area (TPSA) is 38.7 Å². The van der Waals surface area contributed by atoms with Gasteiger partial charge in [0, 0.05) is 14.2 Å². The Kier molecular flexibility index (Phi) is 9.35. The average Bonchev–Trinajstić information content (AvgIpc) is 2.19. The molecule has 3 heteroatoms. The zero-order valence-electron chi connectivity index (χ0n) is 9.66. The molecule has 0 heterocycles. The van der Waals surface area contributed by atoms with Crippen molar-refractivity contribution in [2.24, 2.45) is 0 Å². The van der Waals surface area contributed by atoms with Crippen LogP contribution in [0.4, 0.5) is 0 Å². The van der Waals surface area contributed by atoms with Gasteiger partial charge >= 0.3 is 0 Å². The summed E-state index contributed by atoms with van der Waals surface area (Å²) < 4.78 is 9.93. The Balaban J connectivity index is 3.37. The number of ether oxygens (including phenoxy) is 2. The van der Waals surface area contributed by atoms with Gasteiger partial charge in [-0.2, -0.15) is 0 Å². The second kappa shape index (κ2) is 9.44. The summed E-state index contributed by atoms with van der Waals surface area (Å²) in [4.78, 5) is 0. The van der Waals surface area contributed by atoms with Crippen LogP contribution in [0.15, 0.2) is 0 Å². The molecule has 0 aromatic rings. The lowest BCUT2D eigenvalue weighted by molar-refractivity contribution is -0.165. The monoisotopic (exact) mass is 204 g/mol. The highest BCUT2D eigenvalue weighted by Crippen LogP contribution is 2.11. The summed E-state index contributed by atoms with van der Waals surface area (Å²) in [7, 11) is 3.10. The molecule has 86 valence electrons. The predicted molar refractivity (Wildman–Crippen MR) is 57.2 cm³/mol. The van der Waals surface area contributed by atoms with Crippen LogP contribution in [-0.2, 0) is 9.47 Å². The van der Waals surface area contributed by atoms with Gasteiger partial charge in [-0.15, -0.1) is 0 Å². The smallest absolute Gasteiger partial charge is 0.182 e. The highest BCUT2D eigenvalue weighted by Gasteiger charge is 2.16. The van der Waals surface area contributed by atoms with E-state index in [2.05, 4.69) is 6.92 Å². The highest BCUT2D eigenvalue weighted by atomic mass is 16.7. The van der Waals surface area contributed by atoms with E-state index in [0.29, 0.717) is 0 Å². The fraction of sp³-hybridized carbons (Fsp3) is 1.00. The zero-order chi connectivity index (χ0) is 10.8. The molecule has 0 aliphatic heterocycles. The minimum atomic E-state index is -0.494. The predicted octanol–water partition coefficient (Wildman–Crippen LogP) is 2.33. The van der Waals surface area contributed by atoms with Gasteiger partial charge in [-0.25, -0.2) is 0 Å². The molecule has 1 unspecified atom stereocenters. The summed E-state index contributed by atoms with van der Waals surface area (Å²) in [5.74, 6) is 0. The maximum absolute atomic E-state index is 9.62. The Labute approximate surface area is 87.4 Å². The van der Waals surface area contributed by atoms with E-state index in [9.17, 15) is 5.11 Å². The maximum Gasteiger partial charge on any atom is 0.182 e. The van der Waals surface area contributed by atoms with E-state index < -0.39 is 12.4 Å². The summed E-state index contributed by atoms with van der Waals surface area (Å²) in [5.41, 5.74) is 0. The fourth-order valence-electron chi connectivity index (χ4n) is 1.50. The number of hydrogen-bond donors (Lipinski definition) is 1. The van der Waals surface area contributed by atoms with E-state index in [4.69, 9.17) is 9.47 Å². The number of rotatable bonds is 9. The van der Waals surface area contributed by atoms with Crippen molar-refractivity contribution in [2.75, 3.05) is 14.2 Å². The fourth-order valence-corrected chi connectivity index (χ4v) is 1.50. The number of hydrogen-bond acceptors (Lipinski definition) is 3. The van der Waals surface area contributed by atoms with E-state index in [1.54, 1.807) is 14.2 Å². The number of aliphatic hydroxyl groups excluding tert-OH is 1. The largest absolute Gasteiger partial charge is 0.388 e. The molecule has 0 aromatic heterocycles. The van der Waals surface area contributed by atoms with E-state index in [1.807, 2.05) is 0 Å². The third-order valence-electron chi connectivity index (χ3n) is 2.38. The Morgan fingerprint density at radius 3 is 2.07 bits per heavy atom. The van der Waals surface area contributed by atoms with E-state index in [1.165, 1.54) is 25.7 Å². The van der Waals surface area contributed by atoms with Crippen molar-refractivity contribution in [1.82, 2.24) is 0 Å². The first-order valence-corrected chi connectivity index (χ1v) is 5.49. The molecule has 0 radical (unpaired) electrons. The number of methoxy groups -OCH3 is 2. The van der Waals surface area contributed by atoms with Gasteiger partial charge in [-0.1, -0.05) is 39.0 Å². The molecule has 0 saturated heterocycles. The van der Waals surface area contributed by atoms with Crippen LogP contribution in [-0.4, -0.2) is 31.7 Å². The van der Waals surface area contributed by atoms with Gasteiger partial charge in [0.1, 0.15) is 6.10 Å². The van der Waals surface area contributed by atoms with E-state index in [0.717, 1.165) is 12.8 Å². The molecule has 0 saturated carbocycles. The maximum atomic E-state index is 9.62. The van der Waals surface area contributed by atoms with E-state index in [-0.39, 0.29) is 0 Å². The lowest BCUT2D eigenvalue weighted by atomic mass is 10.1. The first-order valence-electron chi connectivity index (χ1n) is 5.49. The normalized spacial score (nSPS) is 13.5. The molecular formula is C11H24O3. The average molecular weight is 204 g/mol. The lowest BCUT2D eigenvalue weighted by Gasteiger charge is -2.19. The molecule has 0 aliphatic carbocycles. The molecule has 0 bridgehead atoms. The first kappa shape index (κ1) is 13.9. The van der Waals surface area contributed by atoms with Crippen molar-refractivity contribution in [3.05, 3.63) is 0 Å². The SMILES string of the molecule is CCCCCCCC(O)C(OC)OC. The van der Waals surface area contributed by atoms with Crippen LogP contribution in [0.2, 0.25) is 0 Å². The van der Waals surface area contributed by atoms with Crippen molar-refractivity contribution in [3.63, 3.8) is 0 Å². The standard InChI is InChI=1S/C11H24O3/c1-4-5-6-7-8-9-10(12)11(13-2)14-3/h10-12H,4-9H2,1-3H3. The molecule has 1 atom stereocenters. The molecule has 1 N–H and O–H groups in total. The molecule has 0 rings (SSSR count). The van der Waals surface area contributed by atoms with Gasteiger partial charge in [-0.3, -0.25) is 0 Å². The first-order chi connectivity index (χ1) is 6.76. The van der Waals surface area contributed by atoms with Crippen LogP contribution in [0.3, 0.4) is 0 Å². The van der Waals surface area contributed by atoms with Gasteiger partial charge < -0.3 is 14.6 Å². The summed E-state index contributed by atoms with van der Waals surface area (Å²) >= 11 is 0. The van der Waals surface area contributed by atoms with Gasteiger partial charge in [0.05, 0.1) is 0 Å². The molecular weight excluding hydrogens is 180 g/mol. The van der Waals surface area contributed by atoms with Crippen LogP contribution >= 0.6 is 0 Å². The van der Waals surface area contributed by atoms with Gasteiger partial charge in [0.25, 0.3) is 0 Å². The Morgan fingerprint density at radius 1 is 1.00 bits per heavy atom. The molecule has 14 heavy (non-hydrogen) atoms. The van der Waals surface area contributed by atoms with Crippen LogP contribution in [0, 0.1) is 0 Å². The van der Waals surface area contributed by atoms with Crippen molar-refractivity contribution >= 4 is 0 Å². The lowest BCUT2D eigenvalue weighted by Crippen LogP contribution is -2.29. The minimum Gasteiger partial charge on any atom is -0.388 e. The Morgan fingerprint density at radius 2 is 1.57 bits per heavy atom. The second-order valence-corrected chi connectivity index (χ2v) is 3.61. The van der Waals surface area contributed by atoms with Gasteiger partial charge in [0.2, 0.25) is 0 Å². The van der Waals surface area contributed by atoms with Crippen LogP contribution < -0.4 is 0 Å². The molecule has 3 nitrogen and oxygen atoms in total. The van der Waals surface area contributed by atoms with Crippen molar-refractivity contribution < 1.29 is 14.6 Å². The molecule has 0 amide bonds. The van der Waals surface area contributed by atoms with E-state index >= 15 is 0 Å². The molecule has 0 aromatic carbocycles. The summed E-state index contributed by atoms with van der Waals surface area (Å²) in [6, 6.07) is 0.